The maximum Gasteiger partial charge on any atom is 0.416 e. The molecule has 0 amide bonds. The summed E-state index contributed by atoms with van der Waals surface area (Å²) in [4.78, 5) is 0. The lowest BCUT2D eigenvalue weighted by Gasteiger charge is -2.18. The molecule has 0 aliphatic carbocycles. The monoisotopic (exact) mass is 408 g/mol. The second kappa shape index (κ2) is 5.87. The van der Waals surface area contributed by atoms with Crippen molar-refractivity contribution in [2.24, 2.45) is 0 Å². The number of aliphatic hydroxyl groups is 1. The van der Waals surface area contributed by atoms with Crippen LogP contribution in [-0.2, 0) is 6.18 Å². The predicted octanol–water partition coefficient (Wildman–Crippen LogP) is 5.31. The highest BCUT2D eigenvalue weighted by molar-refractivity contribution is 9.11. The Balaban J connectivity index is 2.51. The largest absolute Gasteiger partial charge is 0.416 e. The minimum absolute atomic E-state index is 0.162. The number of hydrogen-bond donors (Lipinski definition) is 1. The number of hydrogen-bond acceptors (Lipinski definition) is 1. The van der Waals surface area contributed by atoms with E-state index in [1.165, 1.54) is 18.2 Å². The van der Waals surface area contributed by atoms with E-state index in [1.54, 1.807) is 18.2 Å². The van der Waals surface area contributed by atoms with Crippen LogP contribution in [0.1, 0.15) is 22.8 Å². The van der Waals surface area contributed by atoms with Crippen LogP contribution in [0.5, 0.6) is 0 Å². The average molecular weight is 410 g/mol. The Morgan fingerprint density at radius 2 is 1.50 bits per heavy atom. The molecule has 0 aliphatic rings. The van der Waals surface area contributed by atoms with Gasteiger partial charge < -0.3 is 5.11 Å². The van der Waals surface area contributed by atoms with Gasteiger partial charge in [0.2, 0.25) is 0 Å². The number of halogens is 5. The van der Waals surface area contributed by atoms with Crippen molar-refractivity contribution in [3.8, 4) is 0 Å². The van der Waals surface area contributed by atoms with Crippen LogP contribution < -0.4 is 0 Å². The number of rotatable bonds is 2. The zero-order valence-electron chi connectivity index (χ0n) is 9.96. The van der Waals surface area contributed by atoms with Gasteiger partial charge in [0.1, 0.15) is 6.10 Å². The zero-order chi connectivity index (χ0) is 14.9. The maximum absolute atomic E-state index is 13.0. The fraction of sp³-hybridized carbons (Fsp3) is 0.143. The summed E-state index contributed by atoms with van der Waals surface area (Å²) in [5.41, 5.74) is -0.614. The van der Waals surface area contributed by atoms with Crippen molar-refractivity contribution in [1.82, 2.24) is 0 Å². The van der Waals surface area contributed by atoms with Gasteiger partial charge in [0.15, 0.2) is 0 Å². The molecular weight excluding hydrogens is 401 g/mol. The summed E-state index contributed by atoms with van der Waals surface area (Å²) in [6.45, 7) is 0. The lowest BCUT2D eigenvalue weighted by Crippen LogP contribution is -2.12. The second-order valence-electron chi connectivity index (χ2n) is 4.19. The highest BCUT2D eigenvalue weighted by atomic mass is 79.9. The third kappa shape index (κ3) is 3.42. The molecule has 0 bridgehead atoms. The van der Waals surface area contributed by atoms with Crippen LogP contribution in [0.25, 0.3) is 0 Å². The van der Waals surface area contributed by atoms with Crippen molar-refractivity contribution in [3.05, 3.63) is 68.1 Å². The topological polar surface area (TPSA) is 20.2 Å². The normalized spacial score (nSPS) is 13.3. The first-order chi connectivity index (χ1) is 9.29. The van der Waals surface area contributed by atoms with Crippen LogP contribution in [0.15, 0.2) is 51.4 Å². The number of benzene rings is 2. The van der Waals surface area contributed by atoms with Gasteiger partial charge >= 0.3 is 6.18 Å². The third-order valence-electron chi connectivity index (χ3n) is 2.76. The molecule has 106 valence electrons. The van der Waals surface area contributed by atoms with Crippen molar-refractivity contribution in [1.29, 1.82) is 0 Å². The van der Waals surface area contributed by atoms with E-state index >= 15 is 0 Å². The van der Waals surface area contributed by atoms with Gasteiger partial charge in [0.05, 0.1) is 5.56 Å². The van der Waals surface area contributed by atoms with Crippen LogP contribution >= 0.6 is 31.9 Å². The van der Waals surface area contributed by atoms with Gasteiger partial charge in [-0.05, 0) is 35.4 Å². The first-order valence-corrected chi connectivity index (χ1v) is 7.18. The van der Waals surface area contributed by atoms with Gasteiger partial charge in [-0.2, -0.15) is 13.2 Å². The molecule has 1 N–H and O–H groups in total. The van der Waals surface area contributed by atoms with Crippen LogP contribution in [0.2, 0.25) is 0 Å². The van der Waals surface area contributed by atoms with E-state index in [1.807, 2.05) is 0 Å². The van der Waals surface area contributed by atoms with Gasteiger partial charge in [-0.3, -0.25) is 0 Å². The van der Waals surface area contributed by atoms with Crippen molar-refractivity contribution in [2.45, 2.75) is 12.3 Å². The molecule has 6 heteroatoms. The van der Waals surface area contributed by atoms with Crippen LogP contribution in [-0.4, -0.2) is 5.11 Å². The van der Waals surface area contributed by atoms with Gasteiger partial charge in [-0.1, -0.05) is 50.1 Å². The van der Waals surface area contributed by atoms with E-state index in [9.17, 15) is 18.3 Å². The molecule has 2 rings (SSSR count). The van der Waals surface area contributed by atoms with Crippen molar-refractivity contribution in [2.75, 3.05) is 0 Å². The summed E-state index contributed by atoms with van der Waals surface area (Å²) in [6.07, 6.45) is -5.84. The first-order valence-electron chi connectivity index (χ1n) is 5.59. The molecular formula is C14H9Br2F3O. The molecule has 0 saturated carbocycles. The van der Waals surface area contributed by atoms with Gasteiger partial charge in [0.25, 0.3) is 0 Å². The molecule has 0 spiro atoms. The van der Waals surface area contributed by atoms with E-state index in [0.29, 0.717) is 14.5 Å². The fourth-order valence-corrected chi connectivity index (χ4v) is 3.24. The van der Waals surface area contributed by atoms with Crippen molar-refractivity contribution in [3.63, 3.8) is 0 Å². The summed E-state index contributed by atoms with van der Waals surface area (Å²) >= 11 is 6.50. The Bertz CT molecular complexity index is 606. The summed E-state index contributed by atoms with van der Waals surface area (Å²) in [6, 6.07) is 9.93. The summed E-state index contributed by atoms with van der Waals surface area (Å²) in [5.74, 6) is 0. The molecule has 20 heavy (non-hydrogen) atoms. The zero-order valence-corrected chi connectivity index (χ0v) is 13.1. The molecule has 1 nitrogen and oxygen atoms in total. The van der Waals surface area contributed by atoms with E-state index < -0.39 is 17.8 Å². The molecule has 0 saturated heterocycles. The molecule has 1 atom stereocenters. The summed E-state index contributed by atoms with van der Waals surface area (Å²) in [7, 11) is 0. The Hall–Kier alpha value is -0.850. The van der Waals surface area contributed by atoms with Gasteiger partial charge in [-0.25, -0.2) is 0 Å². The highest BCUT2D eigenvalue weighted by Crippen LogP contribution is 2.37. The molecule has 1 unspecified atom stereocenters. The highest BCUT2D eigenvalue weighted by Gasteiger charge is 2.34. The van der Waals surface area contributed by atoms with Crippen molar-refractivity contribution >= 4 is 31.9 Å². The molecule has 2 aromatic rings. The van der Waals surface area contributed by atoms with Crippen LogP contribution in [0.3, 0.4) is 0 Å². The molecule has 0 heterocycles. The molecule has 0 aromatic heterocycles. The maximum atomic E-state index is 13.0. The van der Waals surface area contributed by atoms with E-state index in [-0.39, 0.29) is 5.56 Å². The lowest BCUT2D eigenvalue weighted by atomic mass is 9.96. The average Bonchev–Trinajstić information content (AvgIpc) is 2.35. The van der Waals surface area contributed by atoms with Gasteiger partial charge in [-0.15, -0.1) is 0 Å². The first kappa shape index (κ1) is 15.5. The third-order valence-corrected chi connectivity index (χ3v) is 3.68. The quantitative estimate of drug-likeness (QED) is 0.712. The Morgan fingerprint density at radius 1 is 0.950 bits per heavy atom. The van der Waals surface area contributed by atoms with Crippen LogP contribution in [0.4, 0.5) is 13.2 Å². The predicted molar refractivity (Wildman–Crippen MR) is 77.3 cm³/mol. The molecule has 0 fully saturated rings. The van der Waals surface area contributed by atoms with E-state index in [0.717, 1.165) is 6.07 Å². The van der Waals surface area contributed by atoms with Crippen molar-refractivity contribution < 1.29 is 18.3 Å². The Kier molecular flexibility index (Phi) is 4.56. The summed E-state index contributed by atoms with van der Waals surface area (Å²) < 4.78 is 40.2. The Labute approximate surface area is 130 Å². The Morgan fingerprint density at radius 3 is 2.05 bits per heavy atom. The summed E-state index contributed by atoms with van der Waals surface area (Å²) in [5, 5.41) is 10.2. The lowest BCUT2D eigenvalue weighted by molar-refractivity contribution is -0.139. The van der Waals surface area contributed by atoms with E-state index in [4.69, 9.17) is 0 Å². The molecule has 0 aliphatic heterocycles. The fourth-order valence-electron chi connectivity index (χ4n) is 1.91. The van der Waals surface area contributed by atoms with Crippen LogP contribution in [0, 0.1) is 0 Å². The minimum Gasteiger partial charge on any atom is -0.384 e. The smallest absolute Gasteiger partial charge is 0.384 e. The number of aliphatic hydroxyl groups excluding tert-OH is 1. The minimum atomic E-state index is -4.50. The van der Waals surface area contributed by atoms with Gasteiger partial charge in [0, 0.05) is 8.95 Å². The molecule has 0 radical (unpaired) electrons. The number of alkyl halides is 3. The second-order valence-corrected chi connectivity index (χ2v) is 6.02. The standard InChI is InChI=1S/C14H9Br2F3O/c15-9-5-8(6-10(16)7-9)13(20)11-3-1-2-4-12(11)14(17,18)19/h1-7,13,20H. The SMILES string of the molecule is OC(c1cc(Br)cc(Br)c1)c1ccccc1C(F)(F)F. The van der Waals surface area contributed by atoms with E-state index in [2.05, 4.69) is 31.9 Å². The molecule has 2 aromatic carbocycles.